The van der Waals surface area contributed by atoms with Crippen molar-refractivity contribution in [3.8, 4) is 0 Å². The summed E-state index contributed by atoms with van der Waals surface area (Å²) in [5, 5.41) is 16.3. The van der Waals surface area contributed by atoms with Crippen molar-refractivity contribution in [3.05, 3.63) is 23.8 Å². The molecule has 10 atom stereocenters. The summed E-state index contributed by atoms with van der Waals surface area (Å²) in [6.45, 7) is 7.44. The summed E-state index contributed by atoms with van der Waals surface area (Å²) in [6, 6.07) is 0. The van der Waals surface area contributed by atoms with E-state index in [1.54, 1.807) is 12.4 Å². The van der Waals surface area contributed by atoms with Gasteiger partial charge in [0.25, 0.3) is 0 Å². The molecule has 328 valence electrons. The maximum absolute atomic E-state index is 12.0. The van der Waals surface area contributed by atoms with Crippen molar-refractivity contribution in [2.75, 3.05) is 26.3 Å². The minimum absolute atomic E-state index is 0.140. The number of nitrogens with zero attached hydrogens (tertiary/aromatic N) is 6. The number of carbonyl (C=O) groups excluding carboxylic acids is 6. The Balaban J connectivity index is 1.26. The van der Waals surface area contributed by atoms with Crippen LogP contribution in [0.1, 0.15) is 52.9 Å². The average Bonchev–Trinajstić information content (AvgIpc) is 3.81. The molecule has 25 heteroatoms. The molecule has 0 amide bonds. The third kappa shape index (κ3) is 14.0. The molecule has 0 spiro atoms. The largest absolute Gasteiger partial charge is 0.456 e. The highest BCUT2D eigenvalue weighted by Crippen LogP contribution is 2.31. The van der Waals surface area contributed by atoms with Gasteiger partial charge in [-0.1, -0.05) is 10.4 Å². The third-order valence-electron chi connectivity index (χ3n) is 8.35. The predicted molar refractivity (Wildman–Crippen MR) is 189 cm³/mol. The summed E-state index contributed by atoms with van der Waals surface area (Å²) in [4.78, 5) is 71.5. The van der Waals surface area contributed by atoms with Gasteiger partial charge in [0.05, 0.1) is 51.9 Å². The van der Waals surface area contributed by atoms with E-state index in [2.05, 4.69) is 20.6 Å². The Labute approximate surface area is 337 Å². The second-order valence-corrected chi connectivity index (χ2v) is 13.2. The molecule has 2 aromatic heterocycles. The van der Waals surface area contributed by atoms with Crippen LogP contribution in [0.2, 0.25) is 0 Å². The molecule has 0 aliphatic carbocycles. The molecule has 0 bridgehead atoms. The van der Waals surface area contributed by atoms with Crippen molar-refractivity contribution in [1.82, 2.24) is 30.0 Å². The van der Waals surface area contributed by atoms with Gasteiger partial charge in [0.1, 0.15) is 23.6 Å². The minimum Gasteiger partial charge on any atom is -0.456 e. The highest BCUT2D eigenvalue weighted by molar-refractivity contribution is 5.69. The standard InChI is InChI=1S/C34H50N8O17/c1-17(43)52-27-25(11-35)58-33(31(56-21(5)47)29(27)54-19(3)45)50-15-23-13-41(39-37-23)7-9-49-10-8-42-14-24(38-40-42)16-51-34-32(57-22(6)48)30(55-20(4)46)28(53-18(2)44)26(12-36)59-34/h13-14,25-34H,7-12,15-16,35-36H2,1-6H3/t25-,26-,27-,28-,29+,30+,31+,32+,33+,34+/m1/s1. The van der Waals surface area contributed by atoms with E-state index in [1.807, 2.05) is 0 Å². The van der Waals surface area contributed by atoms with Crippen molar-refractivity contribution >= 4 is 35.8 Å². The molecular formula is C34H50N8O17. The lowest BCUT2D eigenvalue weighted by atomic mass is 9.98. The Kier molecular flexibility index (Phi) is 17.5. The van der Waals surface area contributed by atoms with Crippen LogP contribution >= 0.6 is 0 Å². The molecule has 2 aromatic rings. The topological polar surface area (TPSA) is 317 Å². The molecule has 0 radical (unpaired) electrons. The second-order valence-electron chi connectivity index (χ2n) is 13.2. The van der Waals surface area contributed by atoms with Gasteiger partial charge in [-0.25, -0.2) is 9.36 Å². The zero-order valence-electron chi connectivity index (χ0n) is 33.4. The smallest absolute Gasteiger partial charge is 0.303 e. The number of aromatic nitrogens is 6. The fraction of sp³-hybridized carbons (Fsp3) is 0.706. The summed E-state index contributed by atoms with van der Waals surface area (Å²) in [7, 11) is 0. The molecule has 2 aliphatic rings. The molecule has 59 heavy (non-hydrogen) atoms. The van der Waals surface area contributed by atoms with E-state index in [0.29, 0.717) is 24.5 Å². The molecule has 0 aromatic carbocycles. The minimum atomic E-state index is -1.31. The number of rotatable bonds is 20. The van der Waals surface area contributed by atoms with Crippen LogP contribution in [-0.4, -0.2) is 154 Å². The zero-order valence-corrected chi connectivity index (χ0v) is 33.4. The molecular weight excluding hydrogens is 792 g/mol. The van der Waals surface area contributed by atoms with Crippen molar-refractivity contribution in [2.24, 2.45) is 11.5 Å². The molecule has 25 nitrogen and oxygen atoms in total. The fourth-order valence-electron chi connectivity index (χ4n) is 6.14. The van der Waals surface area contributed by atoms with E-state index in [-0.39, 0.29) is 39.5 Å². The van der Waals surface area contributed by atoms with Gasteiger partial charge >= 0.3 is 35.8 Å². The molecule has 2 aliphatic heterocycles. The van der Waals surface area contributed by atoms with Crippen LogP contribution in [-0.2, 0) is 107 Å². The lowest BCUT2D eigenvalue weighted by molar-refractivity contribution is -0.304. The van der Waals surface area contributed by atoms with Crippen LogP contribution in [0.3, 0.4) is 0 Å². The number of carbonyl (C=O) groups is 6. The Hall–Kier alpha value is -5.18. The summed E-state index contributed by atoms with van der Waals surface area (Å²) in [6.07, 6.45) is -8.75. The second kappa shape index (κ2) is 22.3. The molecule has 0 saturated carbocycles. The van der Waals surface area contributed by atoms with Crippen LogP contribution in [0.15, 0.2) is 12.4 Å². The Morgan fingerprint density at radius 1 is 0.542 bits per heavy atom. The number of hydrogen-bond acceptors (Lipinski definition) is 23. The first-order chi connectivity index (χ1) is 28.1. The third-order valence-corrected chi connectivity index (χ3v) is 8.35. The summed E-state index contributed by atoms with van der Waals surface area (Å²) in [5.41, 5.74) is 12.5. The fourth-order valence-corrected chi connectivity index (χ4v) is 6.14. The zero-order chi connectivity index (χ0) is 43.2. The summed E-state index contributed by atoms with van der Waals surface area (Å²) < 4.78 is 64.5. The van der Waals surface area contributed by atoms with Crippen molar-refractivity contribution in [3.63, 3.8) is 0 Å². The van der Waals surface area contributed by atoms with Gasteiger partial charge in [0.2, 0.25) is 0 Å². The van der Waals surface area contributed by atoms with Crippen molar-refractivity contribution in [2.45, 2.75) is 129 Å². The Morgan fingerprint density at radius 3 is 1.19 bits per heavy atom. The van der Waals surface area contributed by atoms with Crippen molar-refractivity contribution in [1.29, 1.82) is 0 Å². The maximum atomic E-state index is 12.0. The van der Waals surface area contributed by atoms with Gasteiger partial charge < -0.3 is 63.6 Å². The molecule has 4 N–H and O–H groups in total. The number of hydrogen-bond donors (Lipinski definition) is 2. The van der Waals surface area contributed by atoms with Crippen LogP contribution in [0.25, 0.3) is 0 Å². The van der Waals surface area contributed by atoms with Crippen LogP contribution in [0, 0.1) is 0 Å². The lowest BCUT2D eigenvalue weighted by Crippen LogP contribution is -2.63. The van der Waals surface area contributed by atoms with Gasteiger partial charge in [-0.2, -0.15) is 0 Å². The average molecular weight is 843 g/mol. The Morgan fingerprint density at radius 2 is 0.864 bits per heavy atom. The van der Waals surface area contributed by atoms with E-state index in [9.17, 15) is 28.8 Å². The van der Waals surface area contributed by atoms with Gasteiger partial charge in [-0.15, -0.1) is 10.2 Å². The lowest BCUT2D eigenvalue weighted by Gasteiger charge is -2.43. The monoisotopic (exact) mass is 842 g/mol. The molecule has 2 saturated heterocycles. The van der Waals surface area contributed by atoms with Gasteiger partial charge in [-0.3, -0.25) is 28.8 Å². The first-order valence-corrected chi connectivity index (χ1v) is 18.4. The maximum Gasteiger partial charge on any atom is 0.303 e. The van der Waals surface area contributed by atoms with E-state index in [0.717, 1.165) is 41.5 Å². The number of ether oxygens (including phenoxy) is 11. The SMILES string of the molecule is CC(=O)O[C@@H]1[C@H](OC(C)=O)[C@@H](OCc2cn(CCOCCn3cc(CO[C@H]4O[C@H](CN)[C@@H](OC(C)=O)[C@H](OC(C)=O)[C@@H]4OC(C)=O)nn3)nn2)O[C@H](CN)[C@H]1OC(C)=O. The van der Waals surface area contributed by atoms with E-state index >= 15 is 0 Å². The molecule has 4 heterocycles. The van der Waals surface area contributed by atoms with E-state index in [1.165, 1.54) is 9.36 Å². The van der Waals surface area contributed by atoms with Gasteiger partial charge in [-0.05, 0) is 0 Å². The normalized spacial score (nSPS) is 26.6. The molecule has 2 fully saturated rings. The summed E-state index contributed by atoms with van der Waals surface area (Å²) in [5.74, 6) is -4.26. The van der Waals surface area contributed by atoms with Crippen molar-refractivity contribution < 1.29 is 80.9 Å². The summed E-state index contributed by atoms with van der Waals surface area (Å²) >= 11 is 0. The number of nitrogens with two attached hydrogens (primary N) is 2. The van der Waals surface area contributed by atoms with Gasteiger partial charge in [0, 0.05) is 54.6 Å². The quantitative estimate of drug-likeness (QED) is 0.0795. The van der Waals surface area contributed by atoms with E-state index < -0.39 is 97.2 Å². The van der Waals surface area contributed by atoms with Crippen LogP contribution in [0.4, 0.5) is 0 Å². The number of esters is 6. The first kappa shape index (κ1) is 46.5. The van der Waals surface area contributed by atoms with Crippen LogP contribution in [0.5, 0.6) is 0 Å². The highest BCUT2D eigenvalue weighted by atomic mass is 16.7. The first-order valence-electron chi connectivity index (χ1n) is 18.4. The Bertz CT molecular complexity index is 1620. The van der Waals surface area contributed by atoms with Gasteiger partial charge in [0.15, 0.2) is 49.2 Å². The highest BCUT2D eigenvalue weighted by Gasteiger charge is 2.53. The van der Waals surface area contributed by atoms with Crippen LogP contribution < -0.4 is 11.5 Å². The molecule has 0 unspecified atom stereocenters. The predicted octanol–water partition coefficient (Wildman–Crippen LogP) is -2.42. The molecule has 4 rings (SSSR count). The van der Waals surface area contributed by atoms with E-state index in [4.69, 9.17) is 63.6 Å².